The van der Waals surface area contributed by atoms with Crippen LogP contribution < -0.4 is 0 Å². The molecule has 1 aliphatic rings. The van der Waals surface area contributed by atoms with Crippen molar-refractivity contribution >= 4 is 55.2 Å². The Hall–Kier alpha value is -7.30. The highest BCUT2D eigenvalue weighted by atomic mass is 15.0. The van der Waals surface area contributed by atoms with E-state index in [1.165, 1.54) is 49.3 Å². The third-order valence-electron chi connectivity index (χ3n) is 11.6. The van der Waals surface area contributed by atoms with Gasteiger partial charge in [-0.15, -0.1) is 0 Å². The number of aliphatic imine (C=N–C) groups is 2. The zero-order valence-electron chi connectivity index (χ0n) is 31.5. The average Bonchev–Trinajstić information content (AvgIpc) is 3.78. The molecule has 10 aromatic rings. The second-order valence-electron chi connectivity index (χ2n) is 15.0. The van der Waals surface area contributed by atoms with E-state index in [0.717, 1.165) is 45.1 Å². The quantitative estimate of drug-likeness (QED) is 0.163. The van der Waals surface area contributed by atoms with Crippen LogP contribution in [0.5, 0.6) is 0 Å². The lowest BCUT2D eigenvalue weighted by atomic mass is 9.85. The summed E-state index contributed by atoms with van der Waals surface area (Å²) in [4.78, 5) is 10.9. The summed E-state index contributed by atoms with van der Waals surface area (Å²) in [5.41, 5.74) is 13.6. The Kier molecular flexibility index (Phi) is 7.82. The molecule has 1 aliphatic heterocycles. The van der Waals surface area contributed by atoms with Crippen LogP contribution in [0.1, 0.15) is 29.7 Å². The first-order valence-electron chi connectivity index (χ1n) is 19.7. The third-order valence-corrected chi connectivity index (χ3v) is 11.6. The van der Waals surface area contributed by atoms with Crippen LogP contribution in [0.4, 0.5) is 0 Å². The van der Waals surface area contributed by atoms with Crippen molar-refractivity contribution in [2.45, 2.75) is 13.0 Å². The van der Waals surface area contributed by atoms with Crippen molar-refractivity contribution in [2.75, 3.05) is 0 Å². The van der Waals surface area contributed by atoms with Crippen LogP contribution in [-0.4, -0.2) is 20.7 Å². The Bertz CT molecular complexity index is 3190. The van der Waals surface area contributed by atoms with Gasteiger partial charge in [-0.25, -0.2) is 4.99 Å². The van der Waals surface area contributed by atoms with Crippen LogP contribution >= 0.6 is 0 Å². The van der Waals surface area contributed by atoms with Crippen molar-refractivity contribution in [3.63, 3.8) is 0 Å². The van der Waals surface area contributed by atoms with Gasteiger partial charge in [-0.05, 0) is 76.9 Å². The molecule has 0 fully saturated rings. The molecule has 4 heteroatoms. The Morgan fingerprint density at radius 1 is 0.386 bits per heavy atom. The monoisotopic (exact) mass is 730 g/mol. The summed E-state index contributed by atoms with van der Waals surface area (Å²) in [6.45, 7) is 2.26. The second-order valence-corrected chi connectivity index (χ2v) is 15.0. The molecular formula is C53H38N4. The Morgan fingerprint density at radius 2 is 0.912 bits per heavy atom. The normalized spacial score (nSPS) is 15.7. The zero-order valence-corrected chi connectivity index (χ0v) is 31.5. The van der Waals surface area contributed by atoms with Crippen LogP contribution in [0, 0.1) is 5.92 Å². The van der Waals surface area contributed by atoms with Gasteiger partial charge in [0.2, 0.25) is 0 Å². The van der Waals surface area contributed by atoms with E-state index >= 15 is 0 Å². The molecule has 0 N–H and O–H groups in total. The summed E-state index contributed by atoms with van der Waals surface area (Å²) >= 11 is 0. The molecule has 8 aromatic carbocycles. The number of hydrogen-bond donors (Lipinski definition) is 0. The van der Waals surface area contributed by atoms with Gasteiger partial charge >= 0.3 is 0 Å². The fourth-order valence-corrected chi connectivity index (χ4v) is 8.95. The van der Waals surface area contributed by atoms with Crippen molar-refractivity contribution in [1.29, 1.82) is 0 Å². The maximum atomic E-state index is 5.43. The Labute approximate surface area is 331 Å². The van der Waals surface area contributed by atoms with Crippen LogP contribution in [-0.2, 0) is 0 Å². The summed E-state index contributed by atoms with van der Waals surface area (Å²) in [6, 6.07) is 71.7. The number of rotatable bonds is 6. The molecule has 0 radical (unpaired) electrons. The first-order valence-corrected chi connectivity index (χ1v) is 19.7. The number of aromatic nitrogens is 2. The topological polar surface area (TPSA) is 34.6 Å². The minimum absolute atomic E-state index is 0.0708. The molecule has 2 aromatic heterocycles. The minimum Gasteiger partial charge on any atom is -0.309 e. The van der Waals surface area contributed by atoms with E-state index in [9.17, 15) is 0 Å². The molecule has 0 amide bonds. The highest BCUT2D eigenvalue weighted by molar-refractivity contribution is 6.19. The molecule has 2 unspecified atom stereocenters. The SMILES string of the molecule is CC1C(c2cccc(-c3ccccc3)c2)=NC(c2cccc(-n3c4ccccc4c4cc5c6ccccc6n(-c6ccccc6)c5cc43)c2)=NC1c1ccccc1. The van der Waals surface area contributed by atoms with E-state index in [1.54, 1.807) is 0 Å². The second kappa shape index (κ2) is 13.5. The fourth-order valence-electron chi connectivity index (χ4n) is 8.95. The third kappa shape index (κ3) is 5.52. The van der Waals surface area contributed by atoms with Gasteiger partial charge in [0.25, 0.3) is 0 Å². The number of para-hydroxylation sites is 3. The standard InChI is InChI=1S/C53H38N4/c1-35-51(37-19-7-3-8-20-37)54-53(55-52(35)39-22-15-21-38(31-39)36-17-5-2-6-18-36)40-23-16-26-42(32-40)57-48-30-14-12-28-44(48)46-33-45-43-27-11-13-29-47(43)56(49(45)34-50(46)57)41-24-9-4-10-25-41/h2-35,51H,1H3. The van der Waals surface area contributed by atoms with E-state index in [-0.39, 0.29) is 12.0 Å². The van der Waals surface area contributed by atoms with Crippen LogP contribution in [0.3, 0.4) is 0 Å². The van der Waals surface area contributed by atoms with Gasteiger partial charge in [0.05, 0.1) is 33.8 Å². The summed E-state index contributed by atoms with van der Waals surface area (Å²) in [5, 5.41) is 4.95. The van der Waals surface area contributed by atoms with E-state index in [2.05, 4.69) is 216 Å². The number of hydrogen-bond acceptors (Lipinski definition) is 2. The lowest BCUT2D eigenvalue weighted by molar-refractivity contribution is 0.592. The molecule has 11 rings (SSSR count). The van der Waals surface area contributed by atoms with Crippen molar-refractivity contribution in [1.82, 2.24) is 9.13 Å². The fraction of sp³-hybridized carbons (Fsp3) is 0.0566. The smallest absolute Gasteiger partial charge is 0.155 e. The molecule has 57 heavy (non-hydrogen) atoms. The highest BCUT2D eigenvalue weighted by Gasteiger charge is 2.30. The molecule has 0 bridgehead atoms. The van der Waals surface area contributed by atoms with Crippen molar-refractivity contribution in [3.8, 4) is 22.5 Å². The van der Waals surface area contributed by atoms with E-state index in [4.69, 9.17) is 9.98 Å². The van der Waals surface area contributed by atoms with Crippen molar-refractivity contribution in [3.05, 3.63) is 217 Å². The van der Waals surface area contributed by atoms with E-state index in [0.29, 0.717) is 0 Å². The average molecular weight is 731 g/mol. The van der Waals surface area contributed by atoms with Crippen LogP contribution in [0.2, 0.25) is 0 Å². The predicted octanol–water partition coefficient (Wildman–Crippen LogP) is 13.2. The van der Waals surface area contributed by atoms with Crippen molar-refractivity contribution < 1.29 is 0 Å². The molecule has 0 aliphatic carbocycles. The van der Waals surface area contributed by atoms with Crippen LogP contribution in [0.25, 0.3) is 66.1 Å². The van der Waals surface area contributed by atoms with Gasteiger partial charge in [0.1, 0.15) is 0 Å². The molecule has 4 nitrogen and oxygen atoms in total. The molecular weight excluding hydrogens is 693 g/mol. The molecule has 0 saturated heterocycles. The lowest BCUT2D eigenvalue weighted by Gasteiger charge is -2.28. The largest absolute Gasteiger partial charge is 0.309 e. The molecule has 270 valence electrons. The van der Waals surface area contributed by atoms with Crippen molar-refractivity contribution in [2.24, 2.45) is 15.9 Å². The van der Waals surface area contributed by atoms with Gasteiger partial charge < -0.3 is 9.13 Å². The van der Waals surface area contributed by atoms with Gasteiger partial charge in [-0.1, -0.05) is 153 Å². The molecule has 0 saturated carbocycles. The maximum absolute atomic E-state index is 5.43. The molecule has 3 heterocycles. The van der Waals surface area contributed by atoms with E-state index < -0.39 is 0 Å². The summed E-state index contributed by atoms with van der Waals surface area (Å²) in [6.07, 6.45) is 0. The first-order chi connectivity index (χ1) is 28.2. The maximum Gasteiger partial charge on any atom is 0.155 e. The lowest BCUT2D eigenvalue weighted by Crippen LogP contribution is -2.26. The van der Waals surface area contributed by atoms with Gasteiger partial charge in [-0.2, -0.15) is 0 Å². The number of amidine groups is 1. The summed E-state index contributed by atoms with van der Waals surface area (Å²) in [5.74, 6) is 0.817. The predicted molar refractivity (Wildman–Crippen MR) is 238 cm³/mol. The number of benzene rings is 8. The Balaban J connectivity index is 1.11. The first kappa shape index (κ1) is 33.1. The van der Waals surface area contributed by atoms with E-state index in [1.807, 2.05) is 0 Å². The highest BCUT2D eigenvalue weighted by Crippen LogP contribution is 2.40. The number of nitrogens with zero attached hydrogens (tertiary/aromatic N) is 4. The summed E-state index contributed by atoms with van der Waals surface area (Å²) < 4.78 is 4.81. The minimum atomic E-state index is -0.0841. The summed E-state index contributed by atoms with van der Waals surface area (Å²) in [7, 11) is 0. The zero-order chi connectivity index (χ0) is 37.9. The number of fused-ring (bicyclic) bond motifs is 6. The van der Waals surface area contributed by atoms with Crippen LogP contribution in [0.15, 0.2) is 210 Å². The Morgan fingerprint density at radius 3 is 1.61 bits per heavy atom. The van der Waals surface area contributed by atoms with Gasteiger partial charge in [-0.3, -0.25) is 4.99 Å². The molecule has 2 atom stereocenters. The molecule has 0 spiro atoms. The van der Waals surface area contributed by atoms with Gasteiger partial charge in [0, 0.05) is 44.4 Å². The van der Waals surface area contributed by atoms with Gasteiger partial charge in [0.15, 0.2) is 5.84 Å².